The standard InChI is InChI=1S/C17H21N3O/c1-4-19(12-14(2)3)17(21)16-9-6-5-8-15(16)13-20-11-7-10-18-20/h5-11H,2,4,12-13H2,1,3H3. The zero-order valence-corrected chi connectivity index (χ0v) is 12.6. The highest BCUT2D eigenvalue weighted by Gasteiger charge is 2.17. The van der Waals surface area contributed by atoms with Crippen LogP contribution >= 0.6 is 0 Å². The molecular formula is C17H21N3O. The van der Waals surface area contributed by atoms with Crippen molar-refractivity contribution < 1.29 is 4.79 Å². The van der Waals surface area contributed by atoms with Crippen molar-refractivity contribution >= 4 is 5.91 Å². The molecule has 1 aromatic heterocycles. The molecule has 21 heavy (non-hydrogen) atoms. The minimum Gasteiger partial charge on any atom is -0.335 e. The van der Waals surface area contributed by atoms with E-state index in [9.17, 15) is 4.79 Å². The topological polar surface area (TPSA) is 38.1 Å². The van der Waals surface area contributed by atoms with Crippen molar-refractivity contribution in [3.05, 3.63) is 66.0 Å². The molecule has 0 aliphatic heterocycles. The Morgan fingerprint density at radius 2 is 2.10 bits per heavy atom. The van der Waals surface area contributed by atoms with Crippen LogP contribution in [0.25, 0.3) is 0 Å². The van der Waals surface area contributed by atoms with E-state index >= 15 is 0 Å². The van der Waals surface area contributed by atoms with Gasteiger partial charge in [0.25, 0.3) is 5.91 Å². The summed E-state index contributed by atoms with van der Waals surface area (Å²) in [5.41, 5.74) is 2.69. The Morgan fingerprint density at radius 3 is 2.71 bits per heavy atom. The molecular weight excluding hydrogens is 262 g/mol. The molecule has 4 heteroatoms. The number of nitrogens with zero attached hydrogens (tertiary/aromatic N) is 3. The molecule has 0 spiro atoms. The van der Waals surface area contributed by atoms with Crippen molar-refractivity contribution in [3.63, 3.8) is 0 Å². The molecule has 0 unspecified atom stereocenters. The third kappa shape index (κ3) is 3.81. The van der Waals surface area contributed by atoms with Gasteiger partial charge in [-0.25, -0.2) is 0 Å². The quantitative estimate of drug-likeness (QED) is 0.764. The molecule has 1 amide bonds. The molecule has 4 nitrogen and oxygen atoms in total. The van der Waals surface area contributed by atoms with E-state index in [1.165, 1.54) is 0 Å². The van der Waals surface area contributed by atoms with Crippen molar-refractivity contribution in [1.82, 2.24) is 14.7 Å². The second kappa shape index (κ2) is 6.88. The molecule has 0 radical (unpaired) electrons. The van der Waals surface area contributed by atoms with Gasteiger partial charge < -0.3 is 4.90 Å². The van der Waals surface area contributed by atoms with Gasteiger partial charge in [-0.1, -0.05) is 30.4 Å². The summed E-state index contributed by atoms with van der Waals surface area (Å²) in [6.45, 7) is 9.67. The van der Waals surface area contributed by atoms with Crippen LogP contribution in [-0.4, -0.2) is 33.7 Å². The van der Waals surface area contributed by atoms with Crippen LogP contribution in [0.3, 0.4) is 0 Å². The fourth-order valence-corrected chi connectivity index (χ4v) is 2.26. The highest BCUT2D eigenvalue weighted by atomic mass is 16.2. The first-order chi connectivity index (χ1) is 10.1. The minimum absolute atomic E-state index is 0.0447. The molecule has 0 fully saturated rings. The minimum atomic E-state index is 0.0447. The van der Waals surface area contributed by atoms with E-state index < -0.39 is 0 Å². The van der Waals surface area contributed by atoms with Crippen LogP contribution in [0.4, 0.5) is 0 Å². The average Bonchev–Trinajstić information content (AvgIpc) is 2.97. The van der Waals surface area contributed by atoms with E-state index in [0.717, 1.165) is 16.7 Å². The Labute approximate surface area is 125 Å². The largest absolute Gasteiger partial charge is 0.335 e. The summed E-state index contributed by atoms with van der Waals surface area (Å²) in [5, 5.41) is 4.20. The molecule has 0 aliphatic carbocycles. The molecule has 0 saturated heterocycles. The van der Waals surface area contributed by atoms with Crippen molar-refractivity contribution in [2.24, 2.45) is 0 Å². The molecule has 0 aliphatic rings. The zero-order chi connectivity index (χ0) is 15.2. The normalized spacial score (nSPS) is 10.4. The van der Waals surface area contributed by atoms with Crippen molar-refractivity contribution in [2.45, 2.75) is 20.4 Å². The molecule has 1 heterocycles. The Morgan fingerprint density at radius 1 is 1.33 bits per heavy atom. The number of aromatic nitrogens is 2. The molecule has 2 rings (SSSR count). The first-order valence-electron chi connectivity index (χ1n) is 7.10. The SMILES string of the molecule is C=C(C)CN(CC)C(=O)c1ccccc1Cn1cccn1. The summed E-state index contributed by atoms with van der Waals surface area (Å²) < 4.78 is 1.82. The van der Waals surface area contributed by atoms with Gasteiger partial charge in [0, 0.05) is 31.0 Å². The molecule has 0 bridgehead atoms. The van der Waals surface area contributed by atoms with E-state index in [-0.39, 0.29) is 5.91 Å². The van der Waals surface area contributed by atoms with E-state index in [2.05, 4.69) is 11.7 Å². The highest BCUT2D eigenvalue weighted by molar-refractivity contribution is 5.95. The number of rotatable bonds is 6. The third-order valence-corrected chi connectivity index (χ3v) is 3.27. The van der Waals surface area contributed by atoms with E-state index in [4.69, 9.17) is 0 Å². The van der Waals surface area contributed by atoms with Crippen LogP contribution in [0.1, 0.15) is 29.8 Å². The number of hydrogen-bond acceptors (Lipinski definition) is 2. The second-order valence-electron chi connectivity index (χ2n) is 5.14. The average molecular weight is 283 g/mol. The predicted molar refractivity (Wildman–Crippen MR) is 84.2 cm³/mol. The number of hydrogen-bond donors (Lipinski definition) is 0. The van der Waals surface area contributed by atoms with Gasteiger partial charge >= 0.3 is 0 Å². The van der Waals surface area contributed by atoms with Crippen LogP contribution in [0.5, 0.6) is 0 Å². The Balaban J connectivity index is 2.26. The van der Waals surface area contributed by atoms with Gasteiger partial charge in [0.15, 0.2) is 0 Å². The Bertz CT molecular complexity index is 617. The Hall–Kier alpha value is -2.36. The number of benzene rings is 1. The molecule has 1 aromatic carbocycles. The van der Waals surface area contributed by atoms with Crippen LogP contribution < -0.4 is 0 Å². The van der Waals surface area contributed by atoms with E-state index in [0.29, 0.717) is 19.6 Å². The highest BCUT2D eigenvalue weighted by Crippen LogP contribution is 2.14. The monoisotopic (exact) mass is 283 g/mol. The van der Waals surface area contributed by atoms with Gasteiger partial charge in [-0.15, -0.1) is 0 Å². The maximum absolute atomic E-state index is 12.7. The molecule has 110 valence electrons. The summed E-state index contributed by atoms with van der Waals surface area (Å²) >= 11 is 0. The Kier molecular flexibility index (Phi) is 4.93. The molecule has 0 atom stereocenters. The van der Waals surface area contributed by atoms with Crippen molar-refractivity contribution in [2.75, 3.05) is 13.1 Å². The van der Waals surface area contributed by atoms with Crippen molar-refractivity contribution in [3.8, 4) is 0 Å². The van der Waals surface area contributed by atoms with Crippen LogP contribution in [0, 0.1) is 0 Å². The van der Waals surface area contributed by atoms with Crippen molar-refractivity contribution in [1.29, 1.82) is 0 Å². The summed E-state index contributed by atoms with van der Waals surface area (Å²) in [4.78, 5) is 14.5. The molecule has 2 aromatic rings. The number of carbonyl (C=O) groups is 1. The van der Waals surface area contributed by atoms with E-state index in [1.807, 2.05) is 60.0 Å². The van der Waals surface area contributed by atoms with Gasteiger partial charge in [-0.05, 0) is 31.5 Å². The maximum atomic E-state index is 12.7. The predicted octanol–water partition coefficient (Wildman–Crippen LogP) is 2.97. The lowest BCUT2D eigenvalue weighted by molar-refractivity contribution is 0.0777. The van der Waals surface area contributed by atoms with Gasteiger partial charge in [-0.3, -0.25) is 9.48 Å². The van der Waals surface area contributed by atoms with Gasteiger partial charge in [0.05, 0.1) is 6.54 Å². The first kappa shape index (κ1) is 15.0. The number of amides is 1. The molecule has 0 saturated carbocycles. The fourth-order valence-electron chi connectivity index (χ4n) is 2.26. The summed E-state index contributed by atoms with van der Waals surface area (Å²) in [6.07, 6.45) is 3.64. The smallest absolute Gasteiger partial charge is 0.254 e. The van der Waals surface area contributed by atoms with Gasteiger partial charge in [0.2, 0.25) is 0 Å². The maximum Gasteiger partial charge on any atom is 0.254 e. The second-order valence-corrected chi connectivity index (χ2v) is 5.14. The lowest BCUT2D eigenvalue weighted by Gasteiger charge is -2.22. The van der Waals surface area contributed by atoms with Crippen LogP contribution in [0.2, 0.25) is 0 Å². The lowest BCUT2D eigenvalue weighted by Crippen LogP contribution is -2.33. The zero-order valence-electron chi connectivity index (χ0n) is 12.6. The summed E-state index contributed by atoms with van der Waals surface area (Å²) in [6, 6.07) is 9.58. The number of carbonyl (C=O) groups excluding carboxylic acids is 1. The molecule has 0 N–H and O–H groups in total. The van der Waals surface area contributed by atoms with Gasteiger partial charge in [-0.2, -0.15) is 5.10 Å². The number of likely N-dealkylation sites (N-methyl/N-ethyl adjacent to an activating group) is 1. The first-order valence-corrected chi connectivity index (χ1v) is 7.10. The lowest BCUT2D eigenvalue weighted by atomic mass is 10.1. The fraction of sp³-hybridized carbons (Fsp3) is 0.294. The van der Waals surface area contributed by atoms with E-state index in [1.54, 1.807) is 6.20 Å². The van der Waals surface area contributed by atoms with Gasteiger partial charge in [0.1, 0.15) is 0 Å². The third-order valence-electron chi connectivity index (χ3n) is 3.27. The summed E-state index contributed by atoms with van der Waals surface area (Å²) in [5.74, 6) is 0.0447. The van der Waals surface area contributed by atoms with Crippen LogP contribution in [0.15, 0.2) is 54.9 Å². The summed E-state index contributed by atoms with van der Waals surface area (Å²) in [7, 11) is 0. The van der Waals surface area contributed by atoms with Crippen LogP contribution in [-0.2, 0) is 6.54 Å².